The molecule has 3 rings (SSSR count). The quantitative estimate of drug-likeness (QED) is 0.297. The van der Waals surface area contributed by atoms with E-state index in [2.05, 4.69) is 10.6 Å². The second-order valence-electron chi connectivity index (χ2n) is 8.59. The first-order valence-corrected chi connectivity index (χ1v) is 12.3. The van der Waals surface area contributed by atoms with Crippen LogP contribution in [0.4, 0.5) is 18.0 Å². The molecule has 3 aromatic carbocycles. The van der Waals surface area contributed by atoms with Gasteiger partial charge in [0.05, 0.1) is 31.7 Å². The summed E-state index contributed by atoms with van der Waals surface area (Å²) in [5.41, 5.74) is 1.75. The van der Waals surface area contributed by atoms with Gasteiger partial charge in [0.2, 0.25) is 0 Å². The zero-order valence-electron chi connectivity index (χ0n) is 21.5. The van der Waals surface area contributed by atoms with Gasteiger partial charge in [-0.05, 0) is 59.9 Å². The number of nitrogens with one attached hydrogen (secondary N) is 2. The molecule has 6 nitrogen and oxygen atoms in total. The van der Waals surface area contributed by atoms with Crippen molar-refractivity contribution in [2.24, 2.45) is 0 Å². The van der Waals surface area contributed by atoms with Gasteiger partial charge in [-0.3, -0.25) is 4.79 Å². The van der Waals surface area contributed by atoms with Crippen LogP contribution < -0.4 is 15.4 Å². The van der Waals surface area contributed by atoms with Gasteiger partial charge in [-0.2, -0.15) is 13.2 Å². The number of urea groups is 1. The van der Waals surface area contributed by atoms with Crippen molar-refractivity contribution in [3.8, 4) is 16.9 Å². The number of amides is 2. The molecule has 2 amide bonds. The summed E-state index contributed by atoms with van der Waals surface area (Å²) in [5, 5.41) is 5.66. The number of hydrogen-bond donors (Lipinski definition) is 2. The highest BCUT2D eigenvalue weighted by Gasteiger charge is 2.32. The predicted octanol–water partition coefficient (Wildman–Crippen LogP) is 6.44. The molecule has 0 aliphatic carbocycles. The van der Waals surface area contributed by atoms with Gasteiger partial charge < -0.3 is 20.1 Å². The molecule has 0 aromatic heterocycles. The van der Waals surface area contributed by atoms with E-state index in [9.17, 15) is 22.8 Å². The Morgan fingerprint density at radius 2 is 1.66 bits per heavy atom. The zero-order chi connectivity index (χ0) is 27.7. The monoisotopic (exact) mass is 528 g/mol. The van der Waals surface area contributed by atoms with E-state index in [-0.39, 0.29) is 18.6 Å². The van der Waals surface area contributed by atoms with Gasteiger partial charge in [0.15, 0.2) is 0 Å². The first-order chi connectivity index (χ1) is 18.2. The van der Waals surface area contributed by atoms with E-state index in [1.807, 2.05) is 37.3 Å². The average molecular weight is 529 g/mol. The average Bonchev–Trinajstić information content (AvgIpc) is 2.90. The van der Waals surface area contributed by atoms with Crippen LogP contribution in [0.15, 0.2) is 66.7 Å². The molecule has 0 bridgehead atoms. The fourth-order valence-corrected chi connectivity index (χ4v) is 4.11. The second-order valence-corrected chi connectivity index (χ2v) is 8.59. The van der Waals surface area contributed by atoms with E-state index in [1.165, 1.54) is 13.2 Å². The summed E-state index contributed by atoms with van der Waals surface area (Å²) in [4.78, 5) is 24.8. The van der Waals surface area contributed by atoms with Crippen LogP contribution in [0, 0.1) is 0 Å². The van der Waals surface area contributed by atoms with Crippen molar-refractivity contribution in [3.63, 3.8) is 0 Å². The Hall–Kier alpha value is -4.01. The molecule has 0 saturated carbocycles. The lowest BCUT2D eigenvalue weighted by Crippen LogP contribution is -2.37. The molecule has 2 N–H and O–H groups in total. The van der Waals surface area contributed by atoms with Crippen molar-refractivity contribution in [2.45, 2.75) is 45.5 Å². The molecule has 1 unspecified atom stereocenters. The SMILES string of the molecule is CCOC(=O)Cc1ccc(OC)c(-c2cc(C(F)(F)F)ccc2C(CC)NC(=O)NCc2ccccc2)c1. The van der Waals surface area contributed by atoms with E-state index >= 15 is 0 Å². The molecule has 1 atom stereocenters. The lowest BCUT2D eigenvalue weighted by molar-refractivity contribution is -0.142. The Bertz CT molecular complexity index is 1250. The smallest absolute Gasteiger partial charge is 0.416 e. The van der Waals surface area contributed by atoms with E-state index in [4.69, 9.17) is 9.47 Å². The molecule has 3 aromatic rings. The largest absolute Gasteiger partial charge is 0.496 e. The van der Waals surface area contributed by atoms with Crippen molar-refractivity contribution < 1.29 is 32.2 Å². The van der Waals surface area contributed by atoms with Crippen LogP contribution >= 0.6 is 0 Å². The summed E-state index contributed by atoms with van der Waals surface area (Å²) in [6.07, 6.45) is -4.20. The third kappa shape index (κ3) is 7.50. The van der Waals surface area contributed by atoms with E-state index < -0.39 is 29.8 Å². The first kappa shape index (κ1) is 28.6. The summed E-state index contributed by atoms with van der Waals surface area (Å²) in [6, 6.07) is 16.6. The number of alkyl halides is 3. The van der Waals surface area contributed by atoms with E-state index in [0.29, 0.717) is 35.4 Å². The highest BCUT2D eigenvalue weighted by molar-refractivity contribution is 5.79. The molecule has 0 spiro atoms. The topological polar surface area (TPSA) is 76.7 Å². The van der Waals surface area contributed by atoms with Crippen molar-refractivity contribution in [1.82, 2.24) is 10.6 Å². The summed E-state index contributed by atoms with van der Waals surface area (Å²) < 4.78 is 51.6. The van der Waals surface area contributed by atoms with Gasteiger partial charge in [0.1, 0.15) is 5.75 Å². The molecule has 0 fully saturated rings. The van der Waals surface area contributed by atoms with Crippen LogP contribution in [0.1, 0.15) is 48.6 Å². The van der Waals surface area contributed by atoms with Gasteiger partial charge in [-0.25, -0.2) is 4.79 Å². The number of ether oxygens (including phenoxy) is 2. The maximum absolute atomic E-state index is 13.7. The standard InChI is InChI=1S/C29H31F3N2O4/c1-4-25(34-28(36)33-18-19-9-7-6-8-10-19)22-13-12-21(29(30,31)32)17-23(22)24-15-20(11-14-26(24)37-3)16-27(35)38-5-2/h6-15,17,25H,4-5,16,18H2,1-3H3,(H2,33,34,36). The number of rotatable bonds is 10. The van der Waals surface area contributed by atoms with Gasteiger partial charge >= 0.3 is 18.2 Å². The summed E-state index contributed by atoms with van der Waals surface area (Å²) in [6.45, 7) is 4.04. The molecule has 0 saturated heterocycles. The predicted molar refractivity (Wildman–Crippen MR) is 139 cm³/mol. The second kappa shape index (κ2) is 13.0. The van der Waals surface area contributed by atoms with E-state index in [0.717, 1.165) is 17.7 Å². The van der Waals surface area contributed by atoms with Gasteiger partial charge in [0, 0.05) is 12.1 Å². The number of benzene rings is 3. The Morgan fingerprint density at radius 3 is 2.29 bits per heavy atom. The van der Waals surface area contributed by atoms with Crippen molar-refractivity contribution in [2.75, 3.05) is 13.7 Å². The number of methoxy groups -OCH3 is 1. The third-order valence-corrected chi connectivity index (χ3v) is 5.97. The molecule has 9 heteroatoms. The number of halogens is 3. The highest BCUT2D eigenvalue weighted by Crippen LogP contribution is 2.40. The van der Waals surface area contributed by atoms with Crippen LogP contribution in [0.25, 0.3) is 11.1 Å². The maximum atomic E-state index is 13.7. The molecule has 38 heavy (non-hydrogen) atoms. The first-order valence-electron chi connectivity index (χ1n) is 12.3. The lowest BCUT2D eigenvalue weighted by atomic mass is 9.90. The van der Waals surface area contributed by atoms with Crippen molar-refractivity contribution in [3.05, 3.63) is 89.0 Å². The minimum atomic E-state index is -4.58. The molecule has 0 aliphatic rings. The van der Waals surface area contributed by atoms with E-state index in [1.54, 1.807) is 25.1 Å². The summed E-state index contributed by atoms with van der Waals surface area (Å²) in [5.74, 6) is -0.113. The molecule has 202 valence electrons. The van der Waals surface area contributed by atoms with Crippen molar-refractivity contribution in [1.29, 1.82) is 0 Å². The number of esters is 1. The molecule has 0 heterocycles. The molecular weight excluding hydrogens is 497 g/mol. The maximum Gasteiger partial charge on any atom is 0.416 e. The Morgan fingerprint density at radius 1 is 0.921 bits per heavy atom. The van der Waals surface area contributed by atoms with Crippen LogP contribution in [0.5, 0.6) is 5.75 Å². The minimum absolute atomic E-state index is 0.0452. The third-order valence-electron chi connectivity index (χ3n) is 5.97. The summed E-state index contributed by atoms with van der Waals surface area (Å²) in [7, 11) is 1.42. The van der Waals surface area contributed by atoms with Crippen LogP contribution in [-0.2, 0) is 28.7 Å². The lowest BCUT2D eigenvalue weighted by Gasteiger charge is -2.23. The Kier molecular flexibility index (Phi) is 9.76. The fraction of sp³-hybridized carbons (Fsp3) is 0.310. The zero-order valence-corrected chi connectivity index (χ0v) is 21.5. The van der Waals surface area contributed by atoms with Gasteiger partial charge in [-0.1, -0.05) is 49.4 Å². The normalized spacial score (nSPS) is 11.9. The van der Waals surface area contributed by atoms with Crippen LogP contribution in [0.2, 0.25) is 0 Å². The fourth-order valence-electron chi connectivity index (χ4n) is 4.11. The Labute approximate surface area is 220 Å². The number of carbonyl (C=O) groups is 2. The van der Waals surface area contributed by atoms with Gasteiger partial charge in [-0.15, -0.1) is 0 Å². The molecule has 0 radical (unpaired) electrons. The van der Waals surface area contributed by atoms with Gasteiger partial charge in [0.25, 0.3) is 0 Å². The van der Waals surface area contributed by atoms with Crippen LogP contribution in [0.3, 0.4) is 0 Å². The summed E-state index contributed by atoms with van der Waals surface area (Å²) >= 11 is 0. The number of hydrogen-bond acceptors (Lipinski definition) is 4. The van der Waals surface area contributed by atoms with Crippen molar-refractivity contribution >= 4 is 12.0 Å². The molecular formula is C29H31F3N2O4. The molecule has 0 aliphatic heterocycles. The Balaban J connectivity index is 2.00. The highest BCUT2D eigenvalue weighted by atomic mass is 19.4. The minimum Gasteiger partial charge on any atom is -0.496 e. The van der Waals surface area contributed by atoms with Crippen LogP contribution in [-0.4, -0.2) is 25.7 Å². The number of carbonyl (C=O) groups excluding carboxylic acids is 2.